The number of rotatable bonds is 1. The Balaban J connectivity index is 1.59. The molecule has 2 aliphatic heterocycles. The van der Waals surface area contributed by atoms with Crippen LogP contribution in [0.3, 0.4) is 0 Å². The Morgan fingerprint density at radius 2 is 1.75 bits per heavy atom. The minimum absolute atomic E-state index is 0.0519. The van der Waals surface area contributed by atoms with Gasteiger partial charge >= 0.3 is 0 Å². The average molecular weight is 328 g/mol. The first-order valence-corrected chi connectivity index (χ1v) is 9.00. The lowest BCUT2D eigenvalue weighted by Gasteiger charge is -2.46. The van der Waals surface area contributed by atoms with E-state index in [0.29, 0.717) is 13.1 Å². The molecule has 2 amide bonds. The third kappa shape index (κ3) is 2.61. The first-order valence-electron chi connectivity index (χ1n) is 9.00. The van der Waals surface area contributed by atoms with Crippen LogP contribution in [0.1, 0.15) is 55.4 Å². The monoisotopic (exact) mass is 328 g/mol. The van der Waals surface area contributed by atoms with Gasteiger partial charge in [0.1, 0.15) is 0 Å². The maximum atomic E-state index is 12.9. The molecule has 128 valence electrons. The maximum absolute atomic E-state index is 12.9. The molecule has 2 atom stereocenters. The molecule has 2 fully saturated rings. The van der Waals surface area contributed by atoms with Crippen LogP contribution in [0, 0.1) is 5.92 Å². The zero-order valence-electron chi connectivity index (χ0n) is 13.9. The lowest BCUT2D eigenvalue weighted by molar-refractivity contribution is -0.153. The van der Waals surface area contributed by atoms with Crippen molar-refractivity contribution in [2.75, 3.05) is 19.6 Å². The lowest BCUT2D eigenvalue weighted by Crippen LogP contribution is -2.57. The smallest absolute Gasteiger partial charge is 0.242 e. The van der Waals surface area contributed by atoms with Gasteiger partial charge in [-0.1, -0.05) is 43.5 Å². The molecule has 0 radical (unpaired) electrons. The van der Waals surface area contributed by atoms with Gasteiger partial charge in [0.15, 0.2) is 0 Å². The summed E-state index contributed by atoms with van der Waals surface area (Å²) < 4.78 is 0. The van der Waals surface area contributed by atoms with E-state index in [1.54, 1.807) is 9.80 Å². The van der Waals surface area contributed by atoms with Crippen LogP contribution in [0.5, 0.6) is 0 Å². The molecule has 24 heavy (non-hydrogen) atoms. The Bertz CT molecular complexity index is 654. The van der Waals surface area contributed by atoms with Crippen LogP contribution in [-0.2, 0) is 9.59 Å². The fourth-order valence-electron chi connectivity index (χ4n) is 4.47. The normalized spacial score (nSPS) is 27.6. The van der Waals surface area contributed by atoms with Gasteiger partial charge in [-0.2, -0.15) is 0 Å². The first-order chi connectivity index (χ1) is 11.6. The summed E-state index contributed by atoms with van der Waals surface area (Å²) in [5.74, 6) is 0.179. The highest BCUT2D eigenvalue weighted by Gasteiger charge is 2.42. The van der Waals surface area contributed by atoms with Crippen LogP contribution in [0.15, 0.2) is 24.3 Å². The van der Waals surface area contributed by atoms with Gasteiger partial charge < -0.3 is 14.9 Å². The van der Waals surface area contributed by atoms with Crippen molar-refractivity contribution in [3.8, 4) is 0 Å². The molecule has 4 rings (SSSR count). The van der Waals surface area contributed by atoms with Crippen LogP contribution in [0.4, 0.5) is 0 Å². The number of piperazine rings is 1. The van der Waals surface area contributed by atoms with Crippen LogP contribution in [-0.4, -0.2) is 46.4 Å². The molecule has 0 spiro atoms. The summed E-state index contributed by atoms with van der Waals surface area (Å²) in [6, 6.07) is 7.61. The van der Waals surface area contributed by atoms with Crippen LogP contribution in [0.25, 0.3) is 0 Å². The number of hydrogen-bond donors (Lipinski definition) is 1. The third-order valence-electron chi connectivity index (χ3n) is 5.77. The summed E-state index contributed by atoms with van der Waals surface area (Å²) in [7, 11) is 0. The van der Waals surface area contributed by atoms with E-state index in [9.17, 15) is 14.7 Å². The molecule has 1 aliphatic carbocycles. The molecule has 2 unspecified atom stereocenters. The van der Waals surface area contributed by atoms with Gasteiger partial charge in [0, 0.05) is 12.5 Å². The zero-order valence-corrected chi connectivity index (χ0v) is 13.9. The molecule has 1 aromatic carbocycles. The zero-order chi connectivity index (χ0) is 16.7. The lowest BCUT2D eigenvalue weighted by atomic mass is 9.86. The number of nitrogens with zero attached hydrogens (tertiary/aromatic N) is 2. The Kier molecular flexibility index (Phi) is 4.04. The van der Waals surface area contributed by atoms with Gasteiger partial charge in [0.25, 0.3) is 0 Å². The summed E-state index contributed by atoms with van der Waals surface area (Å²) in [5.41, 5.74) is 1.87. The first kappa shape index (κ1) is 15.6. The highest BCUT2D eigenvalue weighted by molar-refractivity contribution is 5.88. The largest absolute Gasteiger partial charge is 0.387 e. The Labute approximate surface area is 142 Å². The van der Waals surface area contributed by atoms with Crippen LogP contribution in [0.2, 0.25) is 0 Å². The number of carbonyl (C=O) groups is 2. The maximum Gasteiger partial charge on any atom is 0.242 e. The van der Waals surface area contributed by atoms with Crippen LogP contribution < -0.4 is 0 Å². The summed E-state index contributed by atoms with van der Waals surface area (Å²) in [6.45, 7) is 1.03. The van der Waals surface area contributed by atoms with Gasteiger partial charge in [-0.05, 0) is 24.0 Å². The van der Waals surface area contributed by atoms with E-state index in [1.807, 2.05) is 24.3 Å². The van der Waals surface area contributed by atoms with Crippen molar-refractivity contribution in [3.05, 3.63) is 35.4 Å². The molecule has 1 saturated carbocycles. The molecule has 2 heterocycles. The molecular weight excluding hydrogens is 304 g/mol. The number of carbonyl (C=O) groups excluding carboxylic acids is 2. The topological polar surface area (TPSA) is 60.9 Å². The molecule has 1 N–H and O–H groups in total. The van der Waals surface area contributed by atoms with Crippen molar-refractivity contribution in [1.29, 1.82) is 0 Å². The number of aliphatic hydroxyl groups is 1. The SMILES string of the molecule is O=C(C1CCCCC1)N1CC(=O)N2CC(O)c3ccccc3C2C1. The van der Waals surface area contributed by atoms with E-state index in [0.717, 1.165) is 36.8 Å². The Morgan fingerprint density at radius 1 is 1.04 bits per heavy atom. The molecule has 3 aliphatic rings. The standard InChI is InChI=1S/C19H24N2O3/c22-17-11-21-16(14-8-4-5-9-15(14)17)10-20(12-18(21)23)19(24)13-6-2-1-3-7-13/h4-5,8-9,13,16-17,22H,1-3,6-7,10-12H2. The number of fused-ring (bicyclic) bond motifs is 3. The van der Waals surface area contributed by atoms with E-state index in [4.69, 9.17) is 0 Å². The minimum Gasteiger partial charge on any atom is -0.387 e. The molecule has 1 aromatic rings. The summed E-state index contributed by atoms with van der Waals surface area (Å²) in [4.78, 5) is 29.0. The second-order valence-corrected chi connectivity index (χ2v) is 7.26. The van der Waals surface area contributed by atoms with Crippen molar-refractivity contribution in [2.45, 2.75) is 44.2 Å². The number of amides is 2. The van der Waals surface area contributed by atoms with E-state index < -0.39 is 6.10 Å². The quantitative estimate of drug-likeness (QED) is 0.858. The van der Waals surface area contributed by atoms with Crippen LogP contribution >= 0.6 is 0 Å². The van der Waals surface area contributed by atoms with E-state index in [-0.39, 0.29) is 30.3 Å². The van der Waals surface area contributed by atoms with E-state index >= 15 is 0 Å². The summed E-state index contributed by atoms with van der Waals surface area (Å²) >= 11 is 0. The number of benzene rings is 1. The van der Waals surface area contributed by atoms with Crippen molar-refractivity contribution in [3.63, 3.8) is 0 Å². The predicted molar refractivity (Wildman–Crippen MR) is 89.0 cm³/mol. The Morgan fingerprint density at radius 3 is 2.50 bits per heavy atom. The third-order valence-corrected chi connectivity index (χ3v) is 5.77. The second kappa shape index (κ2) is 6.20. The fourth-order valence-corrected chi connectivity index (χ4v) is 4.47. The van der Waals surface area contributed by atoms with Gasteiger partial charge in [0.05, 0.1) is 25.2 Å². The molecule has 0 bridgehead atoms. The van der Waals surface area contributed by atoms with E-state index in [2.05, 4.69) is 0 Å². The molecule has 0 aromatic heterocycles. The second-order valence-electron chi connectivity index (χ2n) is 7.26. The van der Waals surface area contributed by atoms with Crippen molar-refractivity contribution in [2.24, 2.45) is 5.92 Å². The summed E-state index contributed by atoms with van der Waals surface area (Å²) in [5, 5.41) is 10.3. The van der Waals surface area contributed by atoms with Crippen molar-refractivity contribution < 1.29 is 14.7 Å². The number of hydrogen-bond acceptors (Lipinski definition) is 3. The van der Waals surface area contributed by atoms with Gasteiger partial charge in [-0.3, -0.25) is 9.59 Å². The number of aliphatic hydroxyl groups excluding tert-OH is 1. The predicted octanol–water partition coefficient (Wildman–Crippen LogP) is 2.03. The molecule has 1 saturated heterocycles. The molecular formula is C19H24N2O3. The molecule has 5 nitrogen and oxygen atoms in total. The fraction of sp³-hybridized carbons (Fsp3) is 0.579. The van der Waals surface area contributed by atoms with Gasteiger partial charge in [0.2, 0.25) is 11.8 Å². The van der Waals surface area contributed by atoms with Gasteiger partial charge in [-0.25, -0.2) is 0 Å². The summed E-state index contributed by atoms with van der Waals surface area (Å²) in [6.07, 6.45) is 4.71. The average Bonchev–Trinajstić information content (AvgIpc) is 2.63. The highest BCUT2D eigenvalue weighted by Crippen LogP contribution is 2.38. The van der Waals surface area contributed by atoms with E-state index in [1.165, 1.54) is 6.42 Å². The van der Waals surface area contributed by atoms with Gasteiger partial charge in [-0.15, -0.1) is 0 Å². The van der Waals surface area contributed by atoms with Crippen molar-refractivity contribution >= 4 is 11.8 Å². The Hall–Kier alpha value is -1.88. The highest BCUT2D eigenvalue weighted by atomic mass is 16.3. The molecule has 5 heteroatoms. The van der Waals surface area contributed by atoms with Crippen molar-refractivity contribution in [1.82, 2.24) is 9.80 Å². The minimum atomic E-state index is -0.637.